The van der Waals surface area contributed by atoms with Crippen molar-refractivity contribution in [3.63, 3.8) is 0 Å². The highest BCUT2D eigenvalue weighted by atomic mass is 32.2. The van der Waals surface area contributed by atoms with Crippen molar-refractivity contribution in [2.24, 2.45) is 15.7 Å². The summed E-state index contributed by atoms with van der Waals surface area (Å²) in [5.74, 6) is -0.927. The Morgan fingerprint density at radius 1 is 1.05 bits per heavy atom. The Bertz CT molecular complexity index is 1120. The first-order chi connectivity index (χ1) is 19.2. The molecule has 1 aliphatic heterocycles. The molecule has 218 valence electrons. The third-order valence-corrected chi connectivity index (χ3v) is 8.45. The van der Waals surface area contributed by atoms with Crippen LogP contribution in [0, 0.1) is 0 Å². The molecule has 1 saturated carbocycles. The number of carbonyl (C=O) groups is 4. The summed E-state index contributed by atoms with van der Waals surface area (Å²) in [6, 6.07) is 6.48. The Labute approximate surface area is 239 Å². The van der Waals surface area contributed by atoms with Crippen molar-refractivity contribution in [1.82, 2.24) is 10.2 Å². The summed E-state index contributed by atoms with van der Waals surface area (Å²) in [5.41, 5.74) is 7.15. The van der Waals surface area contributed by atoms with Crippen LogP contribution in [0.1, 0.15) is 74.2 Å². The fraction of sp³-hybridized carbons (Fsp3) is 0.571. The van der Waals surface area contributed by atoms with Crippen LogP contribution < -0.4 is 11.1 Å². The number of nitrogens with zero attached hydrogens (tertiary/aromatic N) is 3. The molecule has 0 aromatic heterocycles. The summed E-state index contributed by atoms with van der Waals surface area (Å²) >= 11 is 1.21. The smallest absolute Gasteiger partial charge is 0.307 e. The number of amides is 2. The van der Waals surface area contributed by atoms with Gasteiger partial charge in [0.05, 0.1) is 13.5 Å². The van der Waals surface area contributed by atoms with Gasteiger partial charge >= 0.3 is 11.9 Å². The zero-order valence-electron chi connectivity index (χ0n) is 23.4. The maximum atomic E-state index is 12.8. The van der Waals surface area contributed by atoms with Crippen LogP contribution in [-0.4, -0.2) is 84.3 Å². The normalized spacial score (nSPS) is 20.8. The maximum absolute atomic E-state index is 12.8. The molecule has 0 bridgehead atoms. The third kappa shape index (κ3) is 9.07. The van der Waals surface area contributed by atoms with E-state index in [2.05, 4.69) is 20.0 Å². The molecule has 2 atom stereocenters. The topological polar surface area (TPSA) is 153 Å². The van der Waals surface area contributed by atoms with E-state index in [4.69, 9.17) is 10.5 Å². The van der Waals surface area contributed by atoms with Crippen molar-refractivity contribution in [3.8, 4) is 0 Å². The second-order valence-electron chi connectivity index (χ2n) is 9.90. The molecule has 1 aliphatic carbocycles. The van der Waals surface area contributed by atoms with Gasteiger partial charge in [0.1, 0.15) is 17.2 Å². The number of nitrogens with two attached hydrogens (primary N) is 1. The zero-order chi connectivity index (χ0) is 29.1. The van der Waals surface area contributed by atoms with Crippen LogP contribution in [0.4, 0.5) is 0 Å². The maximum Gasteiger partial charge on any atom is 0.307 e. The summed E-state index contributed by atoms with van der Waals surface area (Å²) in [5, 5.41) is 2.70. The van der Waals surface area contributed by atoms with Gasteiger partial charge in [0.25, 0.3) is 5.91 Å². The van der Waals surface area contributed by atoms with E-state index in [1.54, 1.807) is 36.2 Å². The molecule has 40 heavy (non-hydrogen) atoms. The van der Waals surface area contributed by atoms with E-state index in [0.717, 1.165) is 25.7 Å². The third-order valence-electron chi connectivity index (χ3n) is 6.99. The van der Waals surface area contributed by atoms with Crippen molar-refractivity contribution in [3.05, 3.63) is 35.4 Å². The highest BCUT2D eigenvalue weighted by Gasteiger charge is 2.39. The fourth-order valence-electron chi connectivity index (χ4n) is 4.42. The molecule has 0 spiro atoms. The molecular weight excluding hydrogens is 534 g/mol. The molecule has 2 unspecified atom stereocenters. The lowest BCUT2D eigenvalue weighted by Gasteiger charge is -2.21. The molecule has 2 aliphatic rings. The van der Waals surface area contributed by atoms with E-state index in [9.17, 15) is 19.2 Å². The number of aliphatic imine (C=N–C) groups is 2. The van der Waals surface area contributed by atoms with E-state index in [1.165, 1.54) is 25.3 Å². The lowest BCUT2D eigenvalue weighted by molar-refractivity contribution is -0.150. The average Bonchev–Trinajstić information content (AvgIpc) is 3.24. The van der Waals surface area contributed by atoms with Gasteiger partial charge in [-0.1, -0.05) is 30.3 Å². The van der Waals surface area contributed by atoms with Crippen LogP contribution in [0.15, 0.2) is 34.3 Å². The Morgan fingerprint density at radius 3 is 2.40 bits per heavy atom. The molecule has 2 amide bonds. The molecule has 0 radical (unpaired) electrons. The van der Waals surface area contributed by atoms with Crippen LogP contribution in [0.2, 0.25) is 0 Å². The second kappa shape index (κ2) is 15.4. The van der Waals surface area contributed by atoms with E-state index >= 15 is 0 Å². The van der Waals surface area contributed by atoms with Crippen LogP contribution >= 0.6 is 11.8 Å². The predicted octanol–water partition coefficient (Wildman–Crippen LogP) is 2.66. The number of hydrogen-bond acceptors (Lipinski definition) is 8. The number of nitrogens with one attached hydrogen (secondary N) is 1. The number of ether oxygens (including phenoxy) is 2. The van der Waals surface area contributed by atoms with Gasteiger partial charge in [0, 0.05) is 43.7 Å². The molecular formula is C28H39N5O6S. The van der Waals surface area contributed by atoms with Crippen molar-refractivity contribution < 1.29 is 28.7 Å². The Kier molecular flexibility index (Phi) is 12.0. The van der Waals surface area contributed by atoms with Crippen molar-refractivity contribution in [1.29, 1.82) is 0 Å². The van der Waals surface area contributed by atoms with Gasteiger partial charge in [-0.2, -0.15) is 4.99 Å². The molecule has 3 rings (SSSR count). The molecule has 1 aromatic rings. The lowest BCUT2D eigenvalue weighted by Crippen LogP contribution is -2.41. The first-order valence-corrected chi connectivity index (χ1v) is 14.5. The first kappa shape index (κ1) is 31.1. The summed E-state index contributed by atoms with van der Waals surface area (Å²) in [7, 11) is 3.08. The lowest BCUT2D eigenvalue weighted by atomic mass is 9.98. The largest absolute Gasteiger partial charge is 0.469 e. The van der Waals surface area contributed by atoms with Gasteiger partial charge in [0.2, 0.25) is 5.91 Å². The Morgan fingerprint density at radius 2 is 1.73 bits per heavy atom. The summed E-state index contributed by atoms with van der Waals surface area (Å²) in [6.07, 6.45) is 6.35. The zero-order valence-corrected chi connectivity index (χ0v) is 24.2. The number of carbonyl (C=O) groups excluding carboxylic acids is 4. The molecule has 1 saturated heterocycles. The highest BCUT2D eigenvalue weighted by Crippen LogP contribution is 2.31. The van der Waals surface area contributed by atoms with Crippen LogP contribution in [0.5, 0.6) is 0 Å². The Balaban J connectivity index is 1.48. The van der Waals surface area contributed by atoms with Gasteiger partial charge in [-0.05, 0) is 51.2 Å². The number of amidine groups is 2. The number of esters is 2. The van der Waals surface area contributed by atoms with Crippen molar-refractivity contribution in [2.45, 2.75) is 75.7 Å². The predicted molar refractivity (Wildman–Crippen MR) is 154 cm³/mol. The van der Waals surface area contributed by atoms with Gasteiger partial charge in [-0.3, -0.25) is 24.2 Å². The average molecular weight is 574 g/mol. The quantitative estimate of drug-likeness (QED) is 0.176. The van der Waals surface area contributed by atoms with Crippen LogP contribution in [0.3, 0.4) is 0 Å². The minimum atomic E-state index is -0.471. The van der Waals surface area contributed by atoms with Gasteiger partial charge < -0.3 is 25.4 Å². The second-order valence-corrected chi connectivity index (χ2v) is 11.0. The Hall–Kier alpha value is -3.41. The molecule has 11 nitrogen and oxygen atoms in total. The van der Waals surface area contributed by atoms with Crippen LogP contribution in [0.25, 0.3) is 0 Å². The molecule has 1 heterocycles. The summed E-state index contributed by atoms with van der Waals surface area (Å²) < 4.78 is 10.1. The SMILES string of the molecule is COC(=O)CCNC(=O)C1SC(=NC(=O)c2ccc(C(N)=NCCCC(=O)OC3CCCCC3)cc2)N(C)C1C. The van der Waals surface area contributed by atoms with Gasteiger partial charge in [-0.25, -0.2) is 0 Å². The summed E-state index contributed by atoms with van der Waals surface area (Å²) in [4.78, 5) is 59.1. The van der Waals surface area contributed by atoms with Gasteiger partial charge in [0.15, 0.2) is 5.17 Å². The minimum absolute atomic E-state index is 0.0578. The number of hydrogen-bond donors (Lipinski definition) is 2. The number of benzene rings is 1. The highest BCUT2D eigenvalue weighted by molar-refractivity contribution is 8.15. The fourth-order valence-corrected chi connectivity index (χ4v) is 5.68. The van der Waals surface area contributed by atoms with E-state index in [1.807, 2.05) is 6.92 Å². The minimum Gasteiger partial charge on any atom is -0.469 e. The van der Waals surface area contributed by atoms with Gasteiger partial charge in [-0.15, -0.1) is 0 Å². The number of methoxy groups -OCH3 is 1. The monoisotopic (exact) mass is 573 g/mol. The molecule has 1 aromatic carbocycles. The number of thioether (sulfide) groups is 1. The van der Waals surface area contributed by atoms with E-state index in [-0.39, 0.29) is 37.0 Å². The molecule has 2 fully saturated rings. The van der Waals surface area contributed by atoms with E-state index < -0.39 is 17.1 Å². The molecule has 3 N–H and O–H groups in total. The van der Waals surface area contributed by atoms with Crippen molar-refractivity contribution in [2.75, 3.05) is 27.2 Å². The first-order valence-electron chi connectivity index (χ1n) is 13.7. The molecule has 12 heteroatoms. The standard InChI is InChI=1S/C28H39N5O6S/c1-18-24(27(37)31-17-15-22(34)38-3)40-28(33(18)2)32-26(36)20-13-11-19(12-14-20)25(29)30-16-7-10-23(35)39-21-8-5-4-6-9-21/h11-14,18,21,24H,4-10,15-17H2,1-3H3,(H2,29,30)(H,31,37). The number of rotatable bonds is 11. The van der Waals surface area contributed by atoms with Crippen molar-refractivity contribution >= 4 is 46.5 Å². The van der Waals surface area contributed by atoms with E-state index in [0.29, 0.717) is 41.5 Å². The summed E-state index contributed by atoms with van der Waals surface area (Å²) in [6.45, 7) is 2.45. The van der Waals surface area contributed by atoms with Crippen LogP contribution in [-0.2, 0) is 23.9 Å².